The van der Waals surface area contributed by atoms with Crippen LogP contribution in [0.4, 0.5) is 0 Å². The van der Waals surface area contributed by atoms with Crippen LogP contribution in [0.5, 0.6) is 0 Å². The molecule has 0 aliphatic heterocycles. The van der Waals surface area contributed by atoms with Gasteiger partial charge in [0.2, 0.25) is 0 Å². The largest absolute Gasteiger partial charge is 0.469 e. The highest BCUT2D eigenvalue weighted by molar-refractivity contribution is 5.73. The molecule has 136 valence electrons. The molecule has 4 rings (SSSR count). The van der Waals surface area contributed by atoms with E-state index in [4.69, 9.17) is 4.74 Å². The smallest absolute Gasteiger partial charge is 0.309 e. The molecule has 3 nitrogen and oxygen atoms in total. The van der Waals surface area contributed by atoms with Crippen molar-refractivity contribution in [2.45, 2.75) is 77.7 Å². The Balaban J connectivity index is 1.60. The highest BCUT2D eigenvalue weighted by Gasteiger charge is 2.61. The molecule has 4 fully saturated rings. The number of carbonyl (C=O) groups is 1. The quantitative estimate of drug-likeness (QED) is 0.732. The van der Waals surface area contributed by atoms with Gasteiger partial charge in [-0.25, -0.2) is 0 Å². The number of carbonyl (C=O) groups excluding carboxylic acids is 1. The van der Waals surface area contributed by atoms with Gasteiger partial charge in [0.15, 0.2) is 0 Å². The first kappa shape index (κ1) is 16.9. The lowest BCUT2D eigenvalue weighted by Gasteiger charge is -2.60. The van der Waals surface area contributed by atoms with Crippen molar-refractivity contribution in [3.8, 4) is 0 Å². The molecule has 0 saturated heterocycles. The minimum absolute atomic E-state index is 0.0270. The van der Waals surface area contributed by atoms with E-state index in [0.29, 0.717) is 17.3 Å². The monoisotopic (exact) mass is 334 g/mol. The third-order valence-corrected chi connectivity index (χ3v) is 9.12. The third kappa shape index (κ3) is 2.22. The zero-order valence-electron chi connectivity index (χ0n) is 15.6. The van der Waals surface area contributed by atoms with Gasteiger partial charge in [-0.05, 0) is 92.3 Å². The van der Waals surface area contributed by atoms with Gasteiger partial charge in [0, 0.05) is 0 Å². The van der Waals surface area contributed by atoms with Crippen molar-refractivity contribution < 1.29 is 14.6 Å². The third-order valence-electron chi connectivity index (χ3n) is 9.12. The second kappa shape index (κ2) is 5.72. The Labute approximate surface area is 146 Å². The van der Waals surface area contributed by atoms with Crippen LogP contribution in [0.1, 0.15) is 71.6 Å². The highest BCUT2D eigenvalue weighted by Crippen LogP contribution is 2.67. The van der Waals surface area contributed by atoms with Crippen molar-refractivity contribution in [3.63, 3.8) is 0 Å². The van der Waals surface area contributed by atoms with E-state index >= 15 is 0 Å². The molecular formula is C21H34O3. The number of hydrogen-bond donors (Lipinski definition) is 1. The highest BCUT2D eigenvalue weighted by atomic mass is 16.5. The van der Waals surface area contributed by atoms with Gasteiger partial charge >= 0.3 is 5.97 Å². The van der Waals surface area contributed by atoms with E-state index in [0.717, 1.165) is 31.1 Å². The van der Waals surface area contributed by atoms with E-state index in [1.54, 1.807) is 7.11 Å². The Morgan fingerprint density at radius 1 is 0.958 bits per heavy atom. The minimum Gasteiger partial charge on any atom is -0.469 e. The van der Waals surface area contributed by atoms with Crippen LogP contribution in [0.25, 0.3) is 0 Å². The molecule has 0 aromatic carbocycles. The number of esters is 1. The zero-order chi connectivity index (χ0) is 17.1. The molecule has 8 atom stereocenters. The van der Waals surface area contributed by atoms with Crippen molar-refractivity contribution in [2.24, 2.45) is 40.4 Å². The van der Waals surface area contributed by atoms with Crippen LogP contribution >= 0.6 is 0 Å². The number of aliphatic hydroxyl groups is 1. The van der Waals surface area contributed by atoms with Gasteiger partial charge in [0.25, 0.3) is 0 Å². The Kier molecular flexibility index (Phi) is 4.02. The first-order valence-electron chi connectivity index (χ1n) is 10.2. The molecule has 4 saturated carbocycles. The van der Waals surface area contributed by atoms with E-state index in [2.05, 4.69) is 13.8 Å². The van der Waals surface area contributed by atoms with E-state index < -0.39 is 0 Å². The van der Waals surface area contributed by atoms with Crippen LogP contribution < -0.4 is 0 Å². The first-order chi connectivity index (χ1) is 11.4. The molecule has 4 aliphatic rings. The lowest BCUT2D eigenvalue weighted by molar-refractivity contribution is -0.157. The number of hydrogen-bond acceptors (Lipinski definition) is 3. The molecule has 0 spiro atoms. The topological polar surface area (TPSA) is 46.5 Å². The maximum absolute atomic E-state index is 12.3. The van der Waals surface area contributed by atoms with Crippen molar-refractivity contribution >= 4 is 5.97 Å². The summed E-state index contributed by atoms with van der Waals surface area (Å²) in [6, 6.07) is 0. The van der Waals surface area contributed by atoms with Gasteiger partial charge in [0.1, 0.15) is 0 Å². The summed E-state index contributed by atoms with van der Waals surface area (Å²) < 4.78 is 5.14. The maximum atomic E-state index is 12.3. The van der Waals surface area contributed by atoms with Crippen LogP contribution in [0.3, 0.4) is 0 Å². The second-order valence-corrected chi connectivity index (χ2v) is 9.78. The van der Waals surface area contributed by atoms with Crippen LogP contribution in [0, 0.1) is 40.4 Å². The van der Waals surface area contributed by atoms with Crippen molar-refractivity contribution in [1.29, 1.82) is 0 Å². The second-order valence-electron chi connectivity index (χ2n) is 9.78. The fourth-order valence-electron chi connectivity index (χ4n) is 7.76. The van der Waals surface area contributed by atoms with Crippen molar-refractivity contribution in [2.75, 3.05) is 7.11 Å². The summed E-state index contributed by atoms with van der Waals surface area (Å²) in [5.41, 5.74) is 0.582. The summed E-state index contributed by atoms with van der Waals surface area (Å²) >= 11 is 0. The molecule has 0 aromatic heterocycles. The fourth-order valence-corrected chi connectivity index (χ4v) is 7.76. The molecule has 0 aromatic rings. The molecule has 0 bridgehead atoms. The number of fused-ring (bicyclic) bond motifs is 5. The lowest BCUT2D eigenvalue weighted by Crippen LogP contribution is -2.54. The average Bonchev–Trinajstić information content (AvgIpc) is 2.92. The molecule has 3 heteroatoms. The summed E-state index contributed by atoms with van der Waals surface area (Å²) in [7, 11) is 1.55. The van der Waals surface area contributed by atoms with Gasteiger partial charge < -0.3 is 9.84 Å². The van der Waals surface area contributed by atoms with E-state index in [1.807, 2.05) is 0 Å². The summed E-state index contributed by atoms with van der Waals surface area (Å²) in [5.74, 6) is 3.15. The summed E-state index contributed by atoms with van der Waals surface area (Å²) in [6.07, 6.45) is 10.4. The summed E-state index contributed by atoms with van der Waals surface area (Å²) in [6.45, 7) is 4.90. The van der Waals surface area contributed by atoms with Crippen LogP contribution in [0.15, 0.2) is 0 Å². The Morgan fingerprint density at radius 2 is 1.67 bits per heavy atom. The van der Waals surface area contributed by atoms with Crippen LogP contribution in [0.2, 0.25) is 0 Å². The Morgan fingerprint density at radius 3 is 2.42 bits per heavy atom. The minimum atomic E-state index is -0.0660. The molecule has 24 heavy (non-hydrogen) atoms. The lowest BCUT2D eigenvalue weighted by atomic mass is 9.44. The van der Waals surface area contributed by atoms with Gasteiger partial charge in [-0.2, -0.15) is 0 Å². The Bertz CT molecular complexity index is 517. The molecule has 0 amide bonds. The first-order valence-corrected chi connectivity index (χ1v) is 10.2. The zero-order valence-corrected chi connectivity index (χ0v) is 15.6. The molecule has 0 radical (unpaired) electrons. The van der Waals surface area contributed by atoms with Crippen LogP contribution in [-0.4, -0.2) is 24.3 Å². The fraction of sp³-hybridized carbons (Fsp3) is 0.952. The molecule has 4 aliphatic carbocycles. The molecule has 1 N–H and O–H groups in total. The van der Waals surface area contributed by atoms with E-state index in [1.165, 1.54) is 38.5 Å². The molecule has 0 heterocycles. The van der Waals surface area contributed by atoms with Crippen molar-refractivity contribution in [1.82, 2.24) is 0 Å². The normalized spacial score (nSPS) is 53.7. The summed E-state index contributed by atoms with van der Waals surface area (Å²) in [5, 5.41) is 10.1. The number of aliphatic hydroxyl groups excluding tert-OH is 1. The molecular weight excluding hydrogens is 300 g/mol. The van der Waals surface area contributed by atoms with Gasteiger partial charge in [0.05, 0.1) is 19.1 Å². The van der Waals surface area contributed by atoms with Gasteiger partial charge in [-0.1, -0.05) is 13.8 Å². The predicted octanol–water partition coefficient (Wildman–Crippen LogP) is 4.18. The number of rotatable bonds is 1. The summed E-state index contributed by atoms with van der Waals surface area (Å²) in [4.78, 5) is 12.3. The average molecular weight is 335 g/mol. The van der Waals surface area contributed by atoms with E-state index in [9.17, 15) is 9.90 Å². The van der Waals surface area contributed by atoms with Gasteiger partial charge in [-0.3, -0.25) is 4.79 Å². The molecule has 0 unspecified atom stereocenters. The predicted molar refractivity (Wildman–Crippen MR) is 93.2 cm³/mol. The SMILES string of the molecule is COC(=O)[C@@H]1CC[C@@H]2[C@@H]3CC[C@H]4C[C@H](O)CC[C@]4(C)[C@H]3CC[C@@]21C. The number of ether oxygens (including phenoxy) is 1. The van der Waals surface area contributed by atoms with E-state index in [-0.39, 0.29) is 23.4 Å². The number of methoxy groups -OCH3 is 1. The Hall–Kier alpha value is -0.570. The standard InChI is InChI=1S/C21H34O3/c1-20-10-8-14(22)12-13(20)4-5-15-16-6-7-18(19(23)24-3)21(16,2)11-9-17(15)20/h13-18,22H,4-12H2,1-3H3/t13-,14+,15-,16+,17-,18-,20-,21-/m0/s1. The maximum Gasteiger partial charge on any atom is 0.309 e. The van der Waals surface area contributed by atoms with Gasteiger partial charge in [-0.15, -0.1) is 0 Å². The van der Waals surface area contributed by atoms with Crippen LogP contribution in [-0.2, 0) is 9.53 Å². The van der Waals surface area contributed by atoms with Crippen molar-refractivity contribution in [3.05, 3.63) is 0 Å².